The van der Waals surface area contributed by atoms with Crippen LogP contribution in [0.15, 0.2) is 59.7 Å². The largest absolute Gasteiger partial charge is 0.497 e. The molecule has 0 saturated carbocycles. The van der Waals surface area contributed by atoms with Crippen LogP contribution < -0.4 is 10.2 Å². The first-order valence-electron chi connectivity index (χ1n) is 6.42. The smallest absolute Gasteiger partial charge is 0.356 e. The van der Waals surface area contributed by atoms with Crippen molar-refractivity contribution in [3.8, 4) is 5.75 Å². The third-order valence-electron chi connectivity index (χ3n) is 2.87. The van der Waals surface area contributed by atoms with Crippen LogP contribution in [0.4, 0.5) is 0 Å². The van der Waals surface area contributed by atoms with E-state index >= 15 is 0 Å². The minimum Gasteiger partial charge on any atom is -0.497 e. The monoisotopic (exact) mass is 298 g/mol. The Morgan fingerprint density at radius 3 is 2.18 bits per heavy atom. The molecule has 1 amide bonds. The van der Waals surface area contributed by atoms with E-state index in [4.69, 9.17) is 4.74 Å². The predicted octanol–water partition coefficient (Wildman–Crippen LogP) is 1.91. The fraction of sp³-hybridized carbons (Fsp3) is 0.0625. The zero-order valence-corrected chi connectivity index (χ0v) is 11.8. The van der Waals surface area contributed by atoms with Crippen LogP contribution in [0.2, 0.25) is 0 Å². The van der Waals surface area contributed by atoms with Crippen molar-refractivity contribution >= 4 is 17.6 Å². The number of nitrogens with one attached hydrogen (secondary N) is 1. The van der Waals surface area contributed by atoms with Crippen LogP contribution in [0.3, 0.4) is 0 Å². The molecular formula is C16H14N2O4. The first-order chi connectivity index (χ1) is 10.6. The molecular weight excluding hydrogens is 284 g/mol. The van der Waals surface area contributed by atoms with Gasteiger partial charge in [-0.25, -0.2) is 10.2 Å². The molecule has 0 saturated heterocycles. The Morgan fingerprint density at radius 1 is 1.00 bits per heavy atom. The van der Waals surface area contributed by atoms with Gasteiger partial charge in [0.25, 0.3) is 5.91 Å². The fourth-order valence-electron chi connectivity index (χ4n) is 1.75. The van der Waals surface area contributed by atoms with Gasteiger partial charge in [0.2, 0.25) is 0 Å². The highest BCUT2D eigenvalue weighted by Crippen LogP contribution is 2.11. The highest BCUT2D eigenvalue weighted by molar-refractivity contribution is 6.42. The number of amides is 1. The van der Waals surface area contributed by atoms with Gasteiger partial charge < -0.3 is 9.84 Å². The van der Waals surface area contributed by atoms with Gasteiger partial charge in [0.15, 0.2) is 5.71 Å². The lowest BCUT2D eigenvalue weighted by Crippen LogP contribution is -2.24. The lowest BCUT2D eigenvalue weighted by Gasteiger charge is -2.04. The Balaban J connectivity index is 2.16. The van der Waals surface area contributed by atoms with Crippen molar-refractivity contribution in [3.63, 3.8) is 0 Å². The van der Waals surface area contributed by atoms with Crippen LogP contribution in [-0.4, -0.2) is 29.8 Å². The molecule has 2 rings (SSSR count). The van der Waals surface area contributed by atoms with Gasteiger partial charge in [0.05, 0.1) is 7.11 Å². The minimum absolute atomic E-state index is 0.234. The van der Waals surface area contributed by atoms with Gasteiger partial charge in [-0.1, -0.05) is 30.3 Å². The molecule has 0 heterocycles. The number of rotatable bonds is 5. The second-order valence-electron chi connectivity index (χ2n) is 4.30. The van der Waals surface area contributed by atoms with E-state index in [1.807, 2.05) is 0 Å². The molecule has 2 aromatic carbocycles. The number of carbonyl (C=O) groups is 2. The van der Waals surface area contributed by atoms with Crippen molar-refractivity contribution in [1.29, 1.82) is 0 Å². The average molecular weight is 298 g/mol. The second kappa shape index (κ2) is 7.03. The summed E-state index contributed by atoms with van der Waals surface area (Å²) in [5, 5.41) is 12.9. The predicted molar refractivity (Wildman–Crippen MR) is 81.1 cm³/mol. The van der Waals surface area contributed by atoms with Crippen molar-refractivity contribution in [1.82, 2.24) is 5.43 Å². The van der Waals surface area contributed by atoms with E-state index in [-0.39, 0.29) is 5.71 Å². The molecule has 2 aromatic rings. The molecule has 2 N–H and O–H groups in total. The molecule has 0 aliphatic rings. The average Bonchev–Trinajstić information content (AvgIpc) is 2.55. The number of aliphatic carboxylic acids is 1. The highest BCUT2D eigenvalue weighted by atomic mass is 16.5. The van der Waals surface area contributed by atoms with E-state index in [0.717, 1.165) is 0 Å². The summed E-state index contributed by atoms with van der Waals surface area (Å²) in [5.41, 5.74) is 2.77. The zero-order chi connectivity index (χ0) is 15.9. The molecule has 112 valence electrons. The molecule has 0 atom stereocenters. The summed E-state index contributed by atoms with van der Waals surface area (Å²) in [6.07, 6.45) is 0. The van der Waals surface area contributed by atoms with E-state index in [1.165, 1.54) is 7.11 Å². The van der Waals surface area contributed by atoms with Gasteiger partial charge in [0, 0.05) is 11.1 Å². The number of benzene rings is 2. The molecule has 0 spiro atoms. The summed E-state index contributed by atoms with van der Waals surface area (Å²) in [6, 6.07) is 14.7. The standard InChI is InChI=1S/C16H14N2O4/c1-22-13-9-7-12(8-10-13)15(19)18-17-14(16(20)21)11-5-3-2-4-6-11/h2-10H,1H3,(H,18,19)(H,20,21)/b17-14-. The van der Waals surface area contributed by atoms with Gasteiger partial charge in [-0.2, -0.15) is 5.10 Å². The van der Waals surface area contributed by atoms with E-state index in [1.54, 1.807) is 54.6 Å². The lowest BCUT2D eigenvalue weighted by molar-refractivity contribution is -0.129. The number of carboxylic acids is 1. The number of hydrogen-bond acceptors (Lipinski definition) is 4. The molecule has 6 nitrogen and oxygen atoms in total. The van der Waals surface area contributed by atoms with Crippen LogP contribution in [0, 0.1) is 0 Å². The van der Waals surface area contributed by atoms with Crippen molar-refractivity contribution in [2.75, 3.05) is 7.11 Å². The van der Waals surface area contributed by atoms with Gasteiger partial charge >= 0.3 is 5.97 Å². The zero-order valence-electron chi connectivity index (χ0n) is 11.8. The molecule has 0 radical (unpaired) electrons. The quantitative estimate of drug-likeness (QED) is 0.652. The van der Waals surface area contributed by atoms with E-state index in [2.05, 4.69) is 10.5 Å². The Labute approximate surface area is 127 Å². The summed E-state index contributed by atoms with van der Waals surface area (Å²) in [7, 11) is 1.53. The first kappa shape index (κ1) is 15.2. The molecule has 0 aliphatic heterocycles. The van der Waals surface area contributed by atoms with Gasteiger partial charge in [0.1, 0.15) is 5.75 Å². The molecule has 0 fully saturated rings. The SMILES string of the molecule is COc1ccc(C(=O)N/N=C(\C(=O)O)c2ccccc2)cc1. The number of ether oxygens (including phenoxy) is 1. The second-order valence-corrected chi connectivity index (χ2v) is 4.30. The Bertz CT molecular complexity index is 694. The van der Waals surface area contributed by atoms with Crippen LogP contribution in [0.5, 0.6) is 5.75 Å². The van der Waals surface area contributed by atoms with E-state index in [0.29, 0.717) is 16.9 Å². The maximum Gasteiger partial charge on any atom is 0.356 e. The third-order valence-corrected chi connectivity index (χ3v) is 2.87. The van der Waals surface area contributed by atoms with Crippen LogP contribution in [-0.2, 0) is 4.79 Å². The highest BCUT2D eigenvalue weighted by Gasteiger charge is 2.13. The Morgan fingerprint density at radius 2 is 1.64 bits per heavy atom. The summed E-state index contributed by atoms with van der Waals surface area (Å²) >= 11 is 0. The maximum atomic E-state index is 12.0. The number of nitrogens with zero attached hydrogens (tertiary/aromatic N) is 1. The summed E-state index contributed by atoms with van der Waals surface area (Å²) in [5.74, 6) is -1.10. The number of carbonyl (C=O) groups excluding carboxylic acids is 1. The molecule has 0 unspecified atom stereocenters. The molecule has 6 heteroatoms. The lowest BCUT2D eigenvalue weighted by atomic mass is 10.1. The molecule has 0 bridgehead atoms. The van der Waals surface area contributed by atoms with Crippen molar-refractivity contribution < 1.29 is 19.4 Å². The van der Waals surface area contributed by atoms with Gasteiger partial charge in [-0.15, -0.1) is 0 Å². The third kappa shape index (κ3) is 3.69. The van der Waals surface area contributed by atoms with E-state index in [9.17, 15) is 14.7 Å². The molecule has 0 aliphatic carbocycles. The Kier molecular flexibility index (Phi) is 4.87. The fourth-order valence-corrected chi connectivity index (χ4v) is 1.75. The number of hydrogen-bond donors (Lipinski definition) is 2. The van der Waals surface area contributed by atoms with Crippen molar-refractivity contribution in [2.45, 2.75) is 0 Å². The summed E-state index contributed by atoms with van der Waals surface area (Å²) in [6.45, 7) is 0. The summed E-state index contributed by atoms with van der Waals surface area (Å²) in [4.78, 5) is 23.2. The van der Waals surface area contributed by atoms with E-state index < -0.39 is 11.9 Å². The van der Waals surface area contributed by atoms with Crippen LogP contribution in [0.25, 0.3) is 0 Å². The number of carboxylic acid groups (broad SMARTS) is 1. The van der Waals surface area contributed by atoms with Crippen LogP contribution >= 0.6 is 0 Å². The number of hydrazone groups is 1. The topological polar surface area (TPSA) is 88.0 Å². The number of methoxy groups -OCH3 is 1. The maximum absolute atomic E-state index is 12.0. The van der Waals surface area contributed by atoms with Crippen LogP contribution in [0.1, 0.15) is 15.9 Å². The molecule has 22 heavy (non-hydrogen) atoms. The van der Waals surface area contributed by atoms with Crippen molar-refractivity contribution in [2.24, 2.45) is 5.10 Å². The van der Waals surface area contributed by atoms with Gasteiger partial charge in [-0.05, 0) is 24.3 Å². The first-order valence-corrected chi connectivity index (χ1v) is 6.42. The Hall–Kier alpha value is -3.15. The normalized spacial score (nSPS) is 10.9. The summed E-state index contributed by atoms with van der Waals surface area (Å²) < 4.78 is 5.00. The van der Waals surface area contributed by atoms with Crippen molar-refractivity contribution in [3.05, 3.63) is 65.7 Å². The van der Waals surface area contributed by atoms with Gasteiger partial charge in [-0.3, -0.25) is 4.79 Å². The molecule has 0 aromatic heterocycles. The minimum atomic E-state index is -1.22.